The molecule has 0 aliphatic heterocycles. The minimum absolute atomic E-state index is 0.0909. The third-order valence-corrected chi connectivity index (χ3v) is 3.05. The van der Waals surface area contributed by atoms with Crippen molar-refractivity contribution in [1.29, 1.82) is 0 Å². The van der Waals surface area contributed by atoms with E-state index in [0.29, 0.717) is 11.6 Å². The van der Waals surface area contributed by atoms with Crippen LogP contribution in [0.5, 0.6) is 5.75 Å². The number of anilines is 1. The van der Waals surface area contributed by atoms with Gasteiger partial charge in [-0.3, -0.25) is 0 Å². The summed E-state index contributed by atoms with van der Waals surface area (Å²) in [6, 6.07) is 11.4. The number of hydrogen-bond acceptors (Lipinski definition) is 2. The van der Waals surface area contributed by atoms with Gasteiger partial charge in [0.2, 0.25) is 0 Å². The largest absolute Gasteiger partial charge is 0.506 e. The van der Waals surface area contributed by atoms with Gasteiger partial charge in [-0.15, -0.1) is 0 Å². The van der Waals surface area contributed by atoms with E-state index in [2.05, 4.69) is 0 Å². The zero-order chi connectivity index (χ0) is 13.1. The number of rotatable bonds is 3. The highest BCUT2D eigenvalue weighted by molar-refractivity contribution is 6.32. The van der Waals surface area contributed by atoms with Crippen LogP contribution in [0.4, 0.5) is 10.1 Å². The summed E-state index contributed by atoms with van der Waals surface area (Å²) in [6.45, 7) is 0.498. The number of aromatic hydroxyl groups is 1. The van der Waals surface area contributed by atoms with Gasteiger partial charge in [-0.25, -0.2) is 4.39 Å². The van der Waals surface area contributed by atoms with E-state index in [-0.39, 0.29) is 11.6 Å². The maximum atomic E-state index is 12.8. The van der Waals surface area contributed by atoms with E-state index < -0.39 is 0 Å². The lowest BCUT2D eigenvalue weighted by Gasteiger charge is -2.20. The molecule has 94 valence electrons. The first-order chi connectivity index (χ1) is 8.58. The number of phenolic OH excluding ortho intramolecular Hbond substituents is 1. The summed E-state index contributed by atoms with van der Waals surface area (Å²) in [4.78, 5) is 1.91. The van der Waals surface area contributed by atoms with E-state index in [4.69, 9.17) is 11.6 Å². The minimum Gasteiger partial charge on any atom is -0.506 e. The lowest BCUT2D eigenvalue weighted by Crippen LogP contribution is -2.16. The van der Waals surface area contributed by atoms with Gasteiger partial charge >= 0.3 is 0 Å². The molecule has 0 saturated heterocycles. The van der Waals surface area contributed by atoms with Crippen LogP contribution in [-0.2, 0) is 6.54 Å². The first-order valence-electron chi connectivity index (χ1n) is 5.51. The molecular weight excluding hydrogens is 253 g/mol. The quantitative estimate of drug-likeness (QED) is 0.912. The molecule has 0 aliphatic carbocycles. The Morgan fingerprint density at radius 2 is 1.83 bits per heavy atom. The second-order valence-corrected chi connectivity index (χ2v) is 4.49. The highest BCUT2D eigenvalue weighted by Crippen LogP contribution is 2.28. The molecule has 0 unspecified atom stereocenters. The van der Waals surface area contributed by atoms with Gasteiger partial charge in [0.25, 0.3) is 0 Å². The Morgan fingerprint density at radius 3 is 2.50 bits per heavy atom. The zero-order valence-corrected chi connectivity index (χ0v) is 10.7. The summed E-state index contributed by atoms with van der Waals surface area (Å²) in [5.74, 6) is -0.175. The minimum atomic E-state index is -0.266. The Balaban J connectivity index is 2.18. The molecule has 0 amide bonds. The molecule has 0 spiro atoms. The summed E-state index contributed by atoms with van der Waals surface area (Å²) < 4.78 is 12.8. The van der Waals surface area contributed by atoms with Crippen molar-refractivity contribution in [3.63, 3.8) is 0 Å². The van der Waals surface area contributed by atoms with Crippen molar-refractivity contribution in [3.05, 3.63) is 58.9 Å². The number of nitrogens with zero attached hydrogens (tertiary/aromatic N) is 1. The zero-order valence-electron chi connectivity index (χ0n) is 9.90. The van der Waals surface area contributed by atoms with Crippen molar-refractivity contribution in [1.82, 2.24) is 0 Å². The fourth-order valence-corrected chi connectivity index (χ4v) is 1.92. The molecule has 2 aromatic carbocycles. The molecule has 0 aromatic heterocycles. The number of halogens is 2. The smallest absolute Gasteiger partial charge is 0.139 e. The lowest BCUT2D eigenvalue weighted by molar-refractivity contribution is 0.468. The highest BCUT2D eigenvalue weighted by Gasteiger charge is 2.08. The number of phenols is 1. The molecule has 0 saturated carbocycles. The van der Waals surface area contributed by atoms with Gasteiger partial charge in [0.1, 0.15) is 11.6 Å². The highest BCUT2D eigenvalue weighted by atomic mass is 35.5. The summed E-state index contributed by atoms with van der Waals surface area (Å²) in [5.41, 5.74) is 1.60. The molecule has 0 radical (unpaired) electrons. The Labute approximate surface area is 110 Å². The molecule has 0 aliphatic rings. The molecule has 0 atom stereocenters. The Kier molecular flexibility index (Phi) is 3.72. The molecule has 0 fully saturated rings. The molecule has 18 heavy (non-hydrogen) atoms. The second kappa shape index (κ2) is 5.27. The average molecular weight is 266 g/mol. The van der Waals surface area contributed by atoms with Gasteiger partial charge in [-0.2, -0.15) is 0 Å². The molecule has 0 bridgehead atoms. The van der Waals surface area contributed by atoms with Crippen LogP contribution in [0.3, 0.4) is 0 Å². The third kappa shape index (κ3) is 2.74. The van der Waals surface area contributed by atoms with E-state index in [1.54, 1.807) is 30.3 Å². The van der Waals surface area contributed by atoms with Crippen LogP contribution in [0.2, 0.25) is 5.02 Å². The van der Waals surface area contributed by atoms with Gasteiger partial charge in [0.15, 0.2) is 0 Å². The molecule has 2 rings (SSSR count). The Bertz CT molecular complexity index is 542. The number of para-hydroxylation sites is 1. The van der Waals surface area contributed by atoms with Gasteiger partial charge in [0, 0.05) is 24.8 Å². The van der Waals surface area contributed by atoms with Crippen molar-refractivity contribution in [2.45, 2.75) is 6.54 Å². The van der Waals surface area contributed by atoms with Crippen LogP contribution in [0.25, 0.3) is 0 Å². The van der Waals surface area contributed by atoms with Gasteiger partial charge in [0.05, 0.1) is 5.02 Å². The molecular formula is C14H13ClFNO. The maximum Gasteiger partial charge on any atom is 0.139 e. The topological polar surface area (TPSA) is 23.5 Å². The molecule has 4 heteroatoms. The van der Waals surface area contributed by atoms with E-state index in [1.165, 1.54) is 12.1 Å². The third-order valence-electron chi connectivity index (χ3n) is 2.75. The van der Waals surface area contributed by atoms with Crippen molar-refractivity contribution >= 4 is 17.3 Å². The van der Waals surface area contributed by atoms with Crippen molar-refractivity contribution < 1.29 is 9.50 Å². The maximum absolute atomic E-state index is 12.8. The monoisotopic (exact) mass is 265 g/mol. The van der Waals surface area contributed by atoms with Gasteiger partial charge in [-0.05, 0) is 30.3 Å². The molecule has 2 nitrogen and oxygen atoms in total. The van der Waals surface area contributed by atoms with Gasteiger partial charge in [-0.1, -0.05) is 23.7 Å². The first-order valence-corrected chi connectivity index (χ1v) is 5.89. The first kappa shape index (κ1) is 12.7. The SMILES string of the molecule is CN(Cc1cccc(Cl)c1O)c1ccc(F)cc1. The average Bonchev–Trinajstić information content (AvgIpc) is 2.36. The van der Waals surface area contributed by atoms with Crippen LogP contribution < -0.4 is 4.90 Å². The molecule has 1 N–H and O–H groups in total. The lowest BCUT2D eigenvalue weighted by atomic mass is 10.2. The van der Waals surface area contributed by atoms with Crippen LogP contribution in [0, 0.1) is 5.82 Å². The predicted octanol–water partition coefficient (Wildman–Crippen LogP) is 3.82. The van der Waals surface area contributed by atoms with E-state index >= 15 is 0 Å². The fraction of sp³-hybridized carbons (Fsp3) is 0.143. The van der Waals surface area contributed by atoms with Crippen molar-refractivity contribution in [2.75, 3.05) is 11.9 Å². The summed E-state index contributed by atoms with van der Waals surface area (Å²) in [5, 5.41) is 10.2. The van der Waals surface area contributed by atoms with E-state index in [1.807, 2.05) is 11.9 Å². The Morgan fingerprint density at radius 1 is 1.17 bits per heavy atom. The van der Waals surface area contributed by atoms with Crippen molar-refractivity contribution in [2.24, 2.45) is 0 Å². The fourth-order valence-electron chi connectivity index (χ4n) is 1.73. The second-order valence-electron chi connectivity index (χ2n) is 4.08. The summed E-state index contributed by atoms with van der Waals surface area (Å²) in [6.07, 6.45) is 0. The van der Waals surface area contributed by atoms with E-state index in [0.717, 1.165) is 11.3 Å². The summed E-state index contributed by atoms with van der Waals surface area (Å²) >= 11 is 5.85. The molecule has 0 heterocycles. The standard InChI is InChI=1S/C14H13ClFNO/c1-17(12-7-5-11(16)6-8-12)9-10-3-2-4-13(15)14(10)18/h2-8,18H,9H2,1H3. The van der Waals surface area contributed by atoms with Crippen LogP contribution in [0.1, 0.15) is 5.56 Å². The van der Waals surface area contributed by atoms with Gasteiger partial charge < -0.3 is 10.0 Å². The normalized spacial score (nSPS) is 10.4. The number of benzene rings is 2. The predicted molar refractivity (Wildman–Crippen MR) is 71.6 cm³/mol. The van der Waals surface area contributed by atoms with Crippen LogP contribution in [-0.4, -0.2) is 12.2 Å². The van der Waals surface area contributed by atoms with E-state index in [9.17, 15) is 9.50 Å². The summed E-state index contributed by atoms with van der Waals surface area (Å²) in [7, 11) is 1.87. The van der Waals surface area contributed by atoms with Crippen LogP contribution in [0.15, 0.2) is 42.5 Å². The Hall–Kier alpha value is -1.74. The number of hydrogen-bond donors (Lipinski definition) is 1. The molecule has 2 aromatic rings. The van der Waals surface area contributed by atoms with Crippen LogP contribution >= 0.6 is 11.6 Å². The van der Waals surface area contributed by atoms with Crippen molar-refractivity contribution in [3.8, 4) is 5.75 Å².